The van der Waals surface area contributed by atoms with Crippen LogP contribution in [0.3, 0.4) is 0 Å². The molecule has 0 bridgehead atoms. The Kier molecular flexibility index (Phi) is 4.21. The van der Waals surface area contributed by atoms with Crippen LogP contribution in [-0.2, 0) is 0 Å². The third-order valence-electron chi connectivity index (χ3n) is 7.17. The molecule has 2 fully saturated rings. The Morgan fingerprint density at radius 3 is 2.66 bits per heavy atom. The lowest BCUT2D eigenvalue weighted by Crippen LogP contribution is -2.55. The molecule has 0 N–H and O–H groups in total. The Morgan fingerprint density at radius 1 is 1.03 bits per heavy atom. The molecule has 5 heterocycles. The van der Waals surface area contributed by atoms with E-state index in [1.165, 1.54) is 12.8 Å². The quantitative estimate of drug-likeness (QED) is 0.501. The van der Waals surface area contributed by atoms with Crippen LogP contribution < -0.4 is 10.5 Å². The highest BCUT2D eigenvalue weighted by Crippen LogP contribution is 2.44. The largest absolute Gasteiger partial charge is 0.367 e. The number of anilines is 1. The molecule has 4 aromatic heterocycles. The molecular formula is C25H28N6O. The molecule has 6 rings (SSSR count). The molecule has 0 amide bonds. The van der Waals surface area contributed by atoms with Crippen molar-refractivity contribution >= 4 is 17.0 Å². The first-order valence-corrected chi connectivity index (χ1v) is 11.5. The summed E-state index contributed by atoms with van der Waals surface area (Å²) in [5.41, 5.74) is 6.63. The number of pyridine rings is 2. The average molecular weight is 429 g/mol. The van der Waals surface area contributed by atoms with Crippen LogP contribution in [0.1, 0.15) is 31.0 Å². The fourth-order valence-corrected chi connectivity index (χ4v) is 5.30. The van der Waals surface area contributed by atoms with Crippen molar-refractivity contribution in [1.29, 1.82) is 0 Å². The summed E-state index contributed by atoms with van der Waals surface area (Å²) in [6.07, 6.45) is 8.50. The number of aryl methyl sites for hydroxylation is 2. The van der Waals surface area contributed by atoms with Gasteiger partial charge in [0.15, 0.2) is 0 Å². The van der Waals surface area contributed by atoms with Crippen molar-refractivity contribution in [2.75, 3.05) is 31.1 Å². The first kappa shape index (κ1) is 19.5. The van der Waals surface area contributed by atoms with E-state index in [9.17, 15) is 4.79 Å². The van der Waals surface area contributed by atoms with Crippen molar-refractivity contribution in [3.8, 4) is 11.3 Å². The molecular weight excluding hydrogens is 400 g/mol. The van der Waals surface area contributed by atoms with Gasteiger partial charge in [-0.25, -0.2) is 9.97 Å². The van der Waals surface area contributed by atoms with Crippen molar-refractivity contribution in [3.63, 3.8) is 0 Å². The lowest BCUT2D eigenvalue weighted by atomic mass is 10.1. The van der Waals surface area contributed by atoms with Gasteiger partial charge < -0.3 is 9.30 Å². The lowest BCUT2D eigenvalue weighted by Gasteiger charge is -2.42. The molecule has 0 radical (unpaired) electrons. The minimum Gasteiger partial charge on any atom is -0.367 e. The van der Waals surface area contributed by atoms with Crippen LogP contribution in [0.5, 0.6) is 0 Å². The van der Waals surface area contributed by atoms with E-state index in [1.807, 2.05) is 42.9 Å². The monoisotopic (exact) mass is 428 g/mol. The Morgan fingerprint density at radius 2 is 1.88 bits per heavy atom. The first-order chi connectivity index (χ1) is 15.5. The number of hydrogen-bond acceptors (Lipinski definition) is 5. The third kappa shape index (κ3) is 3.03. The molecule has 1 saturated heterocycles. The van der Waals surface area contributed by atoms with Crippen LogP contribution in [0.2, 0.25) is 0 Å². The normalized spacial score (nSPS) is 18.2. The molecule has 1 saturated carbocycles. The van der Waals surface area contributed by atoms with Gasteiger partial charge in [-0.15, -0.1) is 0 Å². The fraction of sp³-hybridized carbons (Fsp3) is 0.400. The SMILES string of the molecule is CCN1CCN(c2ccc3nc(-c4cc(C)c5nc(C)cn5c4)cc(=O)n3c2)CC12CC2. The van der Waals surface area contributed by atoms with Gasteiger partial charge in [-0.2, -0.15) is 0 Å². The van der Waals surface area contributed by atoms with E-state index < -0.39 is 0 Å². The van der Waals surface area contributed by atoms with Gasteiger partial charge in [0.1, 0.15) is 11.3 Å². The Bertz CT molecular complexity index is 1410. The summed E-state index contributed by atoms with van der Waals surface area (Å²) in [6, 6.07) is 7.77. The topological polar surface area (TPSA) is 58.2 Å². The van der Waals surface area contributed by atoms with Crippen molar-refractivity contribution in [2.24, 2.45) is 0 Å². The molecule has 7 nitrogen and oxygen atoms in total. The van der Waals surface area contributed by atoms with E-state index in [0.29, 0.717) is 16.9 Å². The number of likely N-dealkylation sites (N-methyl/N-ethyl adjacent to an activating group) is 1. The minimum atomic E-state index is -0.0558. The number of piperazine rings is 1. The Hall–Kier alpha value is -3.19. The van der Waals surface area contributed by atoms with Gasteiger partial charge in [0.2, 0.25) is 0 Å². The number of nitrogens with zero attached hydrogens (tertiary/aromatic N) is 6. The minimum absolute atomic E-state index is 0.0558. The number of aromatic nitrogens is 4. The summed E-state index contributed by atoms with van der Waals surface area (Å²) in [6.45, 7) is 10.5. The molecule has 1 aliphatic heterocycles. The maximum atomic E-state index is 13.1. The second-order valence-electron chi connectivity index (χ2n) is 9.35. The van der Waals surface area contributed by atoms with Crippen LogP contribution in [0.4, 0.5) is 5.69 Å². The van der Waals surface area contributed by atoms with Gasteiger partial charge in [0.05, 0.1) is 17.1 Å². The van der Waals surface area contributed by atoms with Gasteiger partial charge in [0.25, 0.3) is 5.56 Å². The van der Waals surface area contributed by atoms with Crippen LogP contribution in [0.25, 0.3) is 22.6 Å². The maximum Gasteiger partial charge on any atom is 0.258 e. The molecule has 2 aliphatic rings. The third-order valence-corrected chi connectivity index (χ3v) is 7.17. The highest BCUT2D eigenvalue weighted by atomic mass is 16.1. The zero-order valence-electron chi connectivity index (χ0n) is 18.9. The van der Waals surface area contributed by atoms with Crippen molar-refractivity contribution < 1.29 is 0 Å². The molecule has 0 atom stereocenters. The second-order valence-corrected chi connectivity index (χ2v) is 9.35. The molecule has 0 unspecified atom stereocenters. The molecule has 1 spiro atoms. The average Bonchev–Trinajstić information content (AvgIpc) is 3.43. The number of hydrogen-bond donors (Lipinski definition) is 0. The van der Waals surface area contributed by atoms with E-state index in [1.54, 1.807) is 10.5 Å². The van der Waals surface area contributed by atoms with Gasteiger partial charge in [0, 0.05) is 55.4 Å². The zero-order chi connectivity index (χ0) is 22.0. The van der Waals surface area contributed by atoms with E-state index in [2.05, 4.69) is 33.8 Å². The second kappa shape index (κ2) is 6.90. The molecule has 164 valence electrons. The summed E-state index contributed by atoms with van der Waals surface area (Å²) in [5.74, 6) is 0. The predicted octanol–water partition coefficient (Wildman–Crippen LogP) is 3.30. The van der Waals surface area contributed by atoms with Crippen LogP contribution >= 0.6 is 0 Å². The molecule has 7 heteroatoms. The standard InChI is InChI=1S/C25H28N6O/c1-4-30-10-9-28(16-25(30)7-8-25)20-5-6-22-27-21(12-23(32)31(22)15-20)19-11-17(2)24-26-18(3)13-29(24)14-19/h5-6,11-15H,4,7-10,16H2,1-3H3. The van der Waals surface area contributed by atoms with E-state index in [4.69, 9.17) is 4.98 Å². The van der Waals surface area contributed by atoms with Crippen molar-refractivity contribution in [3.05, 3.63) is 64.5 Å². The molecule has 32 heavy (non-hydrogen) atoms. The van der Waals surface area contributed by atoms with Crippen LogP contribution in [-0.4, -0.2) is 55.4 Å². The molecule has 4 aromatic rings. The highest BCUT2D eigenvalue weighted by molar-refractivity contribution is 5.66. The summed E-state index contributed by atoms with van der Waals surface area (Å²) in [5, 5.41) is 0. The number of fused-ring (bicyclic) bond motifs is 2. The van der Waals surface area contributed by atoms with Gasteiger partial charge in [-0.1, -0.05) is 6.92 Å². The maximum absolute atomic E-state index is 13.1. The summed E-state index contributed by atoms with van der Waals surface area (Å²) in [7, 11) is 0. The van der Waals surface area contributed by atoms with E-state index in [-0.39, 0.29) is 5.56 Å². The molecule has 0 aromatic carbocycles. The fourth-order valence-electron chi connectivity index (χ4n) is 5.30. The number of imidazole rings is 1. The zero-order valence-corrected chi connectivity index (χ0v) is 18.9. The summed E-state index contributed by atoms with van der Waals surface area (Å²) >= 11 is 0. The Labute approximate surface area is 186 Å². The van der Waals surface area contributed by atoms with Gasteiger partial charge in [-0.3, -0.25) is 14.1 Å². The van der Waals surface area contributed by atoms with Gasteiger partial charge in [-0.05, 0) is 57.0 Å². The predicted molar refractivity (Wildman–Crippen MR) is 127 cm³/mol. The smallest absolute Gasteiger partial charge is 0.258 e. The number of rotatable bonds is 3. The van der Waals surface area contributed by atoms with E-state index >= 15 is 0 Å². The van der Waals surface area contributed by atoms with Gasteiger partial charge >= 0.3 is 0 Å². The highest BCUT2D eigenvalue weighted by Gasteiger charge is 2.50. The molecule has 1 aliphatic carbocycles. The summed E-state index contributed by atoms with van der Waals surface area (Å²) in [4.78, 5) is 27.5. The first-order valence-electron chi connectivity index (χ1n) is 11.5. The lowest BCUT2D eigenvalue weighted by molar-refractivity contribution is 0.167. The van der Waals surface area contributed by atoms with Crippen molar-refractivity contribution in [1.82, 2.24) is 23.7 Å². The van der Waals surface area contributed by atoms with E-state index in [0.717, 1.165) is 54.3 Å². The van der Waals surface area contributed by atoms with Crippen molar-refractivity contribution in [2.45, 2.75) is 39.2 Å². The summed E-state index contributed by atoms with van der Waals surface area (Å²) < 4.78 is 3.69. The van der Waals surface area contributed by atoms with Crippen LogP contribution in [0, 0.1) is 13.8 Å². The Balaban J connectivity index is 1.37. The van der Waals surface area contributed by atoms with Crippen LogP contribution in [0.15, 0.2) is 47.7 Å².